The van der Waals surface area contributed by atoms with Crippen molar-refractivity contribution >= 4 is 46.7 Å². The van der Waals surface area contributed by atoms with Gasteiger partial charge in [0.25, 0.3) is 0 Å². The first-order chi connectivity index (χ1) is 24.4. The Morgan fingerprint density at radius 3 is 2.38 bits per heavy atom. The quantitative estimate of drug-likeness (QED) is 0.155. The Kier molecular flexibility index (Phi) is 14.3. The topological polar surface area (TPSA) is 167 Å². The number of likely N-dealkylation sites (N-methyl/N-ethyl adjacent to an activating group) is 1. The molecule has 1 aromatic heterocycles. The van der Waals surface area contributed by atoms with Crippen LogP contribution in [0.1, 0.15) is 81.1 Å². The van der Waals surface area contributed by atoms with Crippen molar-refractivity contribution < 1.29 is 48.0 Å². The summed E-state index contributed by atoms with van der Waals surface area (Å²) in [4.78, 5) is 59.8. The lowest BCUT2D eigenvalue weighted by Crippen LogP contribution is -2.60. The molecule has 294 valence electrons. The summed E-state index contributed by atoms with van der Waals surface area (Å²) in [7, 11) is 5.23. The highest BCUT2D eigenvalue weighted by Gasteiger charge is 2.60. The van der Waals surface area contributed by atoms with Crippen molar-refractivity contribution in [1.82, 2.24) is 20.0 Å². The number of methoxy groups -OCH3 is 1. The molecule has 1 aromatic rings. The standard InChI is InChI=1S/C36H58N4O10S2/c1-12-25-36(8)29(40(34(45)50-36)14-13-15-51-33-38-37-18-52-33)21(4)26(41)19(2)17-35(7,46-11)30(22(5)27(42)23(6)31(44)48-25)49-32-28(43)24(39(9)10)16-20(3)47-32/h18-25,28-30,32,43H,12-17H2,1-11H3/t19-,20-,21+,22+,23-,24+,25-,28-,29-,30-,32+,35+,36-/m1/s1. The first-order valence-electron chi connectivity index (χ1n) is 18.3. The maximum Gasteiger partial charge on any atom is 0.410 e. The number of aliphatic hydroxyl groups is 1. The minimum absolute atomic E-state index is 0.136. The number of esters is 1. The molecule has 4 heterocycles. The van der Waals surface area contributed by atoms with Crippen LogP contribution in [0.5, 0.6) is 0 Å². The Hall–Kier alpha value is -2.21. The van der Waals surface area contributed by atoms with Crippen LogP contribution in [0.2, 0.25) is 0 Å². The van der Waals surface area contributed by atoms with Crippen LogP contribution in [-0.2, 0) is 38.1 Å². The number of cyclic esters (lactones) is 1. The lowest BCUT2D eigenvalue weighted by molar-refractivity contribution is -0.295. The highest BCUT2D eigenvalue weighted by atomic mass is 32.2. The van der Waals surface area contributed by atoms with Gasteiger partial charge in [-0.1, -0.05) is 50.8 Å². The number of ketones is 2. The molecule has 14 nitrogen and oxygen atoms in total. The summed E-state index contributed by atoms with van der Waals surface area (Å²) in [6.07, 6.45) is -3.41. The van der Waals surface area contributed by atoms with Crippen LogP contribution in [0.3, 0.4) is 0 Å². The third-order valence-corrected chi connectivity index (χ3v) is 13.2. The van der Waals surface area contributed by atoms with E-state index in [0.717, 1.165) is 4.34 Å². The summed E-state index contributed by atoms with van der Waals surface area (Å²) in [6.45, 7) is 14.2. The van der Waals surface area contributed by atoms with Gasteiger partial charge in [0.15, 0.2) is 22.0 Å². The van der Waals surface area contributed by atoms with Gasteiger partial charge >= 0.3 is 12.1 Å². The van der Waals surface area contributed by atoms with Gasteiger partial charge in [0.1, 0.15) is 29.4 Å². The number of carbonyl (C=O) groups excluding carboxylic acids is 4. The smallest absolute Gasteiger partial charge is 0.410 e. The third-order valence-electron chi connectivity index (χ3n) is 11.3. The van der Waals surface area contributed by atoms with E-state index in [1.807, 2.05) is 32.8 Å². The number of thioether (sulfide) groups is 1. The fourth-order valence-corrected chi connectivity index (χ4v) is 9.81. The Labute approximate surface area is 316 Å². The number of fused-ring (bicyclic) bond motifs is 1. The average Bonchev–Trinajstić information content (AvgIpc) is 3.71. The number of nitrogens with zero attached hydrogens (tertiary/aromatic N) is 4. The minimum Gasteiger partial charge on any atom is -0.458 e. The molecular weight excluding hydrogens is 713 g/mol. The molecule has 0 aromatic carbocycles. The van der Waals surface area contributed by atoms with Gasteiger partial charge in [-0.2, -0.15) is 0 Å². The van der Waals surface area contributed by atoms with E-state index in [9.17, 15) is 24.3 Å². The van der Waals surface area contributed by atoms with Crippen molar-refractivity contribution in [3.63, 3.8) is 0 Å². The SMILES string of the molecule is CC[C@H]1OC(=O)[C@H](C)C(=O)[C@H](C)[C@@H](O[C@@H]2O[C@H](C)C[C@H](N(C)C)[C@H]2O)[C@@](C)(OC)C[C@@H](C)C(=O)[C@H](C)[C@H]2N(CCCSc3nncs3)C(=O)O[C@]12C. The van der Waals surface area contributed by atoms with E-state index in [0.29, 0.717) is 25.1 Å². The Morgan fingerprint density at radius 1 is 1.10 bits per heavy atom. The number of hydrogen-bond donors (Lipinski definition) is 1. The largest absolute Gasteiger partial charge is 0.458 e. The molecule has 3 aliphatic rings. The molecule has 1 amide bonds. The third kappa shape index (κ3) is 8.84. The van der Waals surface area contributed by atoms with Crippen LogP contribution in [0.15, 0.2) is 9.85 Å². The summed E-state index contributed by atoms with van der Waals surface area (Å²) in [5, 5.41) is 19.3. The van der Waals surface area contributed by atoms with Crippen LogP contribution < -0.4 is 0 Å². The Morgan fingerprint density at radius 2 is 1.79 bits per heavy atom. The second-order valence-corrected chi connectivity index (χ2v) is 17.5. The molecule has 4 rings (SSSR count). The maximum atomic E-state index is 14.6. The number of ether oxygens (including phenoxy) is 5. The average molecular weight is 771 g/mol. The molecule has 3 aliphatic heterocycles. The van der Waals surface area contributed by atoms with Crippen LogP contribution in [0.25, 0.3) is 0 Å². The van der Waals surface area contributed by atoms with Crippen LogP contribution >= 0.6 is 23.1 Å². The lowest BCUT2D eigenvalue weighted by Gasteiger charge is -2.47. The molecular formula is C36H58N4O10S2. The fourth-order valence-electron chi connectivity index (χ4n) is 8.33. The number of hydrogen-bond acceptors (Lipinski definition) is 15. The summed E-state index contributed by atoms with van der Waals surface area (Å²) in [6, 6.07) is -1.05. The van der Waals surface area contributed by atoms with Gasteiger partial charge in [0, 0.05) is 43.2 Å². The van der Waals surface area contributed by atoms with Crippen molar-refractivity contribution in [3.8, 4) is 0 Å². The van der Waals surface area contributed by atoms with Gasteiger partial charge in [-0.05, 0) is 67.5 Å². The summed E-state index contributed by atoms with van der Waals surface area (Å²) >= 11 is 2.97. The molecule has 0 radical (unpaired) electrons. The molecule has 3 saturated heterocycles. The van der Waals surface area contributed by atoms with E-state index in [2.05, 4.69) is 10.2 Å². The first kappa shape index (κ1) is 42.5. The summed E-state index contributed by atoms with van der Waals surface area (Å²) in [5.41, 5.74) is -0.979. The second-order valence-electron chi connectivity index (χ2n) is 15.3. The number of aliphatic hydroxyl groups excluding tert-OH is 1. The van der Waals surface area contributed by atoms with Crippen molar-refractivity contribution in [2.45, 2.75) is 139 Å². The normalized spacial score (nSPS) is 39.6. The molecule has 0 aliphatic carbocycles. The van der Waals surface area contributed by atoms with E-state index in [1.165, 1.54) is 37.1 Å². The van der Waals surface area contributed by atoms with Crippen LogP contribution in [-0.4, -0.2) is 136 Å². The van der Waals surface area contributed by atoms with E-state index >= 15 is 0 Å². The van der Waals surface area contributed by atoms with Crippen molar-refractivity contribution in [2.24, 2.45) is 23.7 Å². The van der Waals surface area contributed by atoms with E-state index < -0.39 is 83.4 Å². The zero-order valence-corrected chi connectivity index (χ0v) is 34.0. The zero-order valence-electron chi connectivity index (χ0n) is 32.4. The maximum absolute atomic E-state index is 14.6. The summed E-state index contributed by atoms with van der Waals surface area (Å²) in [5.74, 6) is -4.24. The highest BCUT2D eigenvalue weighted by Crippen LogP contribution is 2.43. The molecule has 0 bridgehead atoms. The molecule has 1 N–H and O–H groups in total. The first-order valence-corrected chi connectivity index (χ1v) is 20.1. The monoisotopic (exact) mass is 770 g/mol. The predicted molar refractivity (Wildman–Crippen MR) is 195 cm³/mol. The molecule has 3 fully saturated rings. The van der Waals surface area contributed by atoms with Crippen molar-refractivity contribution in [2.75, 3.05) is 33.5 Å². The molecule has 0 saturated carbocycles. The van der Waals surface area contributed by atoms with Gasteiger partial charge in [0.2, 0.25) is 0 Å². The fraction of sp³-hybridized carbons (Fsp3) is 0.833. The van der Waals surface area contributed by atoms with Crippen LogP contribution in [0.4, 0.5) is 4.79 Å². The molecule has 16 heteroatoms. The number of amides is 1. The molecule has 13 atom stereocenters. The van der Waals surface area contributed by atoms with Gasteiger partial charge in [-0.3, -0.25) is 14.4 Å². The van der Waals surface area contributed by atoms with Crippen LogP contribution in [0, 0.1) is 23.7 Å². The predicted octanol–water partition coefficient (Wildman–Crippen LogP) is 4.22. The number of carbonyl (C=O) groups is 4. The number of Topliss-reactive ketones (excluding diaryl/α,β-unsaturated/α-hetero) is 2. The highest BCUT2D eigenvalue weighted by molar-refractivity contribution is 8.00. The second kappa shape index (κ2) is 17.5. The zero-order chi connectivity index (χ0) is 38.7. The Balaban J connectivity index is 1.72. The van der Waals surface area contributed by atoms with E-state index in [4.69, 9.17) is 23.7 Å². The molecule has 52 heavy (non-hydrogen) atoms. The van der Waals surface area contributed by atoms with E-state index in [1.54, 1.807) is 45.0 Å². The van der Waals surface area contributed by atoms with Crippen molar-refractivity contribution in [3.05, 3.63) is 5.51 Å². The van der Waals surface area contributed by atoms with Gasteiger partial charge in [-0.25, -0.2) is 4.79 Å². The minimum atomic E-state index is -1.38. The number of aromatic nitrogens is 2. The lowest BCUT2D eigenvalue weighted by atomic mass is 9.73. The molecule has 0 spiro atoms. The number of rotatable bonds is 10. The van der Waals surface area contributed by atoms with Gasteiger partial charge < -0.3 is 38.6 Å². The molecule has 0 unspecified atom stereocenters. The summed E-state index contributed by atoms with van der Waals surface area (Å²) < 4.78 is 31.8. The van der Waals surface area contributed by atoms with Gasteiger partial charge in [0.05, 0.1) is 23.9 Å². The van der Waals surface area contributed by atoms with E-state index in [-0.39, 0.29) is 30.8 Å². The van der Waals surface area contributed by atoms with Gasteiger partial charge in [-0.15, -0.1) is 10.2 Å². The Bertz CT molecular complexity index is 1400. The van der Waals surface area contributed by atoms with Crippen molar-refractivity contribution in [1.29, 1.82) is 0 Å².